The zero-order valence-electron chi connectivity index (χ0n) is 45.3. The Morgan fingerprint density at radius 1 is 0.515 bits per heavy atom. The van der Waals surface area contributed by atoms with E-state index in [1.165, 1.54) is 173 Å². The number of aliphatic hydroxyl groups excluding tert-OH is 1. The second-order valence-corrected chi connectivity index (χ2v) is 22.1. The van der Waals surface area contributed by atoms with Crippen LogP contribution in [-0.4, -0.2) is 73.4 Å². The lowest BCUT2D eigenvalue weighted by molar-refractivity contribution is -0.870. The van der Waals surface area contributed by atoms with Crippen molar-refractivity contribution in [1.29, 1.82) is 0 Å². The van der Waals surface area contributed by atoms with Crippen LogP contribution >= 0.6 is 7.82 Å². The van der Waals surface area contributed by atoms with E-state index in [0.717, 1.165) is 64.2 Å². The van der Waals surface area contributed by atoms with Crippen LogP contribution < -0.4 is 5.32 Å². The fourth-order valence-electron chi connectivity index (χ4n) is 8.27. The third kappa shape index (κ3) is 52.0. The molecule has 0 radical (unpaired) electrons. The molecule has 0 fully saturated rings. The van der Waals surface area contributed by atoms with E-state index in [9.17, 15) is 19.4 Å². The highest BCUT2D eigenvalue weighted by molar-refractivity contribution is 7.47. The Hall–Kier alpha value is -1.80. The number of phosphoric acid groups is 1. The summed E-state index contributed by atoms with van der Waals surface area (Å²) in [6.07, 6.45) is 67.4. The average Bonchev–Trinajstić information content (AvgIpc) is 3.30. The summed E-state index contributed by atoms with van der Waals surface area (Å²) in [5, 5.41) is 13.9. The maximum absolute atomic E-state index is 13.0. The van der Waals surface area contributed by atoms with Gasteiger partial charge in [-0.25, -0.2) is 4.57 Å². The van der Waals surface area contributed by atoms with Crippen molar-refractivity contribution < 1.29 is 32.9 Å². The van der Waals surface area contributed by atoms with Gasteiger partial charge in [-0.3, -0.25) is 13.8 Å². The van der Waals surface area contributed by atoms with E-state index in [1.807, 2.05) is 27.2 Å². The monoisotopic (exact) mass is 976 g/mol. The SMILES string of the molecule is CC/C=C\C/C=C\C/C=C\C/C=C\CCCCCCCCCCCCC(=O)NC(COP(=O)(O)OCC[N+](C)(C)C)C(O)/C=C/CCCCCCCCCCCCCCCCCCCCCCC. The average molecular weight is 977 g/mol. The summed E-state index contributed by atoms with van der Waals surface area (Å²) >= 11 is 0. The Balaban J connectivity index is 4.24. The van der Waals surface area contributed by atoms with Gasteiger partial charge in [0.25, 0.3) is 0 Å². The van der Waals surface area contributed by atoms with Crippen LogP contribution in [0.15, 0.2) is 60.8 Å². The standard InChI is InChI=1S/C59H111N2O6P/c1-6-8-10-12-14-16-18-20-22-24-26-28-30-32-34-36-38-40-42-44-46-48-50-52-58(62)57(56-67-68(64,65)66-55-54-61(3,4)5)60-59(63)53-51-49-47-45-43-41-39-37-35-33-31-29-27-25-23-21-19-17-15-13-11-9-7-2/h9,11,15,17,21,23,27,29,50,52,57-58,62H,6-8,10,12-14,16,18-20,22,24-26,28,30-49,51,53-56H2,1-5H3,(H-,60,63,64,65)/p+1/b11-9-,17-15-,23-21-,29-27-,52-50+. The van der Waals surface area contributed by atoms with E-state index in [2.05, 4.69) is 67.8 Å². The lowest BCUT2D eigenvalue weighted by atomic mass is 10.0. The lowest BCUT2D eigenvalue weighted by Gasteiger charge is -2.25. The van der Waals surface area contributed by atoms with Crippen molar-refractivity contribution in [1.82, 2.24) is 5.32 Å². The van der Waals surface area contributed by atoms with Crippen LogP contribution in [0, 0.1) is 0 Å². The Morgan fingerprint density at radius 3 is 1.29 bits per heavy atom. The van der Waals surface area contributed by atoms with E-state index in [-0.39, 0.29) is 19.1 Å². The van der Waals surface area contributed by atoms with Crippen molar-refractivity contribution in [2.24, 2.45) is 0 Å². The zero-order valence-corrected chi connectivity index (χ0v) is 46.2. The second-order valence-electron chi connectivity index (χ2n) is 20.6. The highest BCUT2D eigenvalue weighted by Crippen LogP contribution is 2.43. The van der Waals surface area contributed by atoms with E-state index >= 15 is 0 Å². The number of allylic oxidation sites excluding steroid dienone is 9. The predicted molar refractivity (Wildman–Crippen MR) is 295 cm³/mol. The maximum atomic E-state index is 13.0. The third-order valence-electron chi connectivity index (χ3n) is 12.7. The molecule has 8 nitrogen and oxygen atoms in total. The van der Waals surface area contributed by atoms with Gasteiger partial charge in [0.15, 0.2) is 0 Å². The molecule has 398 valence electrons. The van der Waals surface area contributed by atoms with Gasteiger partial charge in [0.2, 0.25) is 5.91 Å². The molecule has 3 N–H and O–H groups in total. The van der Waals surface area contributed by atoms with Gasteiger partial charge in [0, 0.05) is 6.42 Å². The molecule has 0 rings (SSSR count). The quantitative estimate of drug-likeness (QED) is 0.0243. The number of rotatable bonds is 52. The number of nitrogens with one attached hydrogen (secondary N) is 1. The van der Waals surface area contributed by atoms with Crippen molar-refractivity contribution in [2.45, 2.75) is 270 Å². The number of carbonyl (C=O) groups is 1. The predicted octanol–water partition coefficient (Wildman–Crippen LogP) is 17.3. The minimum atomic E-state index is -4.35. The summed E-state index contributed by atoms with van der Waals surface area (Å²) in [5.74, 6) is -0.181. The second kappa shape index (κ2) is 50.2. The summed E-state index contributed by atoms with van der Waals surface area (Å²) < 4.78 is 23.7. The Kier molecular flexibility index (Phi) is 48.8. The van der Waals surface area contributed by atoms with Crippen LogP contribution in [0.25, 0.3) is 0 Å². The molecule has 0 aromatic carbocycles. The molecule has 0 aliphatic carbocycles. The normalized spacial score (nSPS) is 14.4. The zero-order chi connectivity index (χ0) is 49.9. The Bertz CT molecular complexity index is 1290. The van der Waals surface area contributed by atoms with Crippen LogP contribution in [0.4, 0.5) is 0 Å². The first-order valence-corrected chi connectivity index (χ1v) is 30.2. The number of hydrogen-bond acceptors (Lipinski definition) is 5. The number of nitrogens with zero attached hydrogens (tertiary/aromatic N) is 1. The van der Waals surface area contributed by atoms with Crippen LogP contribution in [0.2, 0.25) is 0 Å². The van der Waals surface area contributed by atoms with Gasteiger partial charge in [0.05, 0.1) is 39.9 Å². The fourth-order valence-corrected chi connectivity index (χ4v) is 9.01. The summed E-state index contributed by atoms with van der Waals surface area (Å²) in [7, 11) is 1.57. The van der Waals surface area contributed by atoms with Crippen molar-refractivity contribution >= 4 is 13.7 Å². The molecule has 9 heteroatoms. The number of phosphoric ester groups is 1. The molecule has 3 atom stereocenters. The van der Waals surface area contributed by atoms with Gasteiger partial charge in [0.1, 0.15) is 13.2 Å². The van der Waals surface area contributed by atoms with Crippen molar-refractivity contribution in [3.8, 4) is 0 Å². The topological polar surface area (TPSA) is 105 Å². The third-order valence-corrected chi connectivity index (χ3v) is 13.7. The molecule has 0 aromatic heterocycles. The first-order valence-electron chi connectivity index (χ1n) is 28.7. The van der Waals surface area contributed by atoms with E-state index in [4.69, 9.17) is 9.05 Å². The van der Waals surface area contributed by atoms with Crippen LogP contribution in [0.5, 0.6) is 0 Å². The molecule has 0 bridgehead atoms. The molecule has 0 heterocycles. The lowest BCUT2D eigenvalue weighted by Crippen LogP contribution is -2.45. The van der Waals surface area contributed by atoms with Gasteiger partial charge in [-0.15, -0.1) is 0 Å². The molecule has 3 unspecified atom stereocenters. The number of amides is 1. The van der Waals surface area contributed by atoms with E-state index < -0.39 is 20.0 Å². The minimum Gasteiger partial charge on any atom is -0.387 e. The van der Waals surface area contributed by atoms with Gasteiger partial charge >= 0.3 is 7.82 Å². The Labute approximate surface area is 422 Å². The number of likely N-dealkylation sites (N-methyl/N-ethyl adjacent to an activating group) is 1. The van der Waals surface area contributed by atoms with Crippen LogP contribution in [0.1, 0.15) is 258 Å². The van der Waals surface area contributed by atoms with Gasteiger partial charge in [-0.05, 0) is 57.8 Å². The summed E-state index contributed by atoms with van der Waals surface area (Å²) in [4.78, 5) is 23.3. The van der Waals surface area contributed by atoms with Gasteiger partial charge in [-0.1, -0.05) is 254 Å². The number of aliphatic hydroxyl groups is 1. The first kappa shape index (κ1) is 66.2. The number of unbranched alkanes of at least 4 members (excludes halogenated alkanes) is 31. The molecular formula is C59H112N2O6P+. The molecule has 0 aromatic rings. The highest BCUT2D eigenvalue weighted by atomic mass is 31.2. The minimum absolute atomic E-state index is 0.0590. The fraction of sp³-hybridized carbons (Fsp3) is 0.814. The molecule has 0 aliphatic heterocycles. The molecule has 1 amide bonds. The van der Waals surface area contributed by atoms with Crippen molar-refractivity contribution in [3.63, 3.8) is 0 Å². The molecule has 0 spiro atoms. The van der Waals surface area contributed by atoms with E-state index in [0.29, 0.717) is 17.4 Å². The summed E-state index contributed by atoms with van der Waals surface area (Å²) in [6.45, 7) is 4.72. The highest BCUT2D eigenvalue weighted by Gasteiger charge is 2.27. The largest absolute Gasteiger partial charge is 0.472 e. The van der Waals surface area contributed by atoms with Crippen LogP contribution in [0.3, 0.4) is 0 Å². The van der Waals surface area contributed by atoms with Crippen molar-refractivity contribution in [2.75, 3.05) is 40.9 Å². The number of quaternary nitrogens is 1. The van der Waals surface area contributed by atoms with Gasteiger partial charge in [-0.2, -0.15) is 0 Å². The molecular weight excluding hydrogens is 864 g/mol. The molecule has 0 saturated carbocycles. The smallest absolute Gasteiger partial charge is 0.387 e. The number of hydrogen-bond donors (Lipinski definition) is 3. The Morgan fingerprint density at radius 2 is 0.882 bits per heavy atom. The van der Waals surface area contributed by atoms with Crippen molar-refractivity contribution in [3.05, 3.63) is 60.8 Å². The van der Waals surface area contributed by atoms with Gasteiger partial charge < -0.3 is 19.8 Å². The maximum Gasteiger partial charge on any atom is 0.472 e. The summed E-state index contributed by atoms with van der Waals surface area (Å²) in [5.41, 5.74) is 0. The van der Waals surface area contributed by atoms with Crippen LogP contribution in [-0.2, 0) is 18.4 Å². The summed E-state index contributed by atoms with van der Waals surface area (Å²) in [6, 6.07) is -0.852. The molecule has 68 heavy (non-hydrogen) atoms. The first-order chi connectivity index (χ1) is 33.0. The number of carbonyl (C=O) groups excluding carboxylic acids is 1. The molecule has 0 saturated heterocycles. The van der Waals surface area contributed by atoms with E-state index in [1.54, 1.807) is 6.08 Å². The molecule has 0 aliphatic rings.